The Bertz CT molecular complexity index is 1380. The molecule has 1 saturated heterocycles. The summed E-state index contributed by atoms with van der Waals surface area (Å²) in [7, 11) is -0.403. The van der Waals surface area contributed by atoms with E-state index in [-0.39, 0.29) is 10.8 Å². The topological polar surface area (TPSA) is 105 Å². The molecule has 1 atom stereocenters. The first kappa shape index (κ1) is 27.9. The number of nitrogens with one attached hydrogen (secondary N) is 1. The lowest BCUT2D eigenvalue weighted by Gasteiger charge is -2.22. The van der Waals surface area contributed by atoms with E-state index in [2.05, 4.69) is 20.2 Å². The quantitative estimate of drug-likeness (QED) is 0.355. The Morgan fingerprint density at radius 2 is 1.82 bits per heavy atom. The molecule has 0 radical (unpaired) electrons. The predicted octanol–water partition coefficient (Wildman–Crippen LogP) is 4.72. The lowest BCUT2D eigenvalue weighted by Crippen LogP contribution is -2.35. The summed E-state index contributed by atoms with van der Waals surface area (Å²) >= 11 is 1.31. The fourth-order valence-electron chi connectivity index (χ4n) is 5.59. The molecule has 2 aliphatic rings. The van der Waals surface area contributed by atoms with E-state index in [1.165, 1.54) is 41.3 Å². The maximum atomic E-state index is 13.6. The van der Waals surface area contributed by atoms with Crippen LogP contribution >= 0.6 is 11.3 Å². The van der Waals surface area contributed by atoms with Crippen LogP contribution in [-0.2, 0) is 14.8 Å². The minimum absolute atomic E-state index is 0.133. The SMILES string of the molecule is COc1ccc2nc(NC(=O)C(CC3CCCC3)c3ccc(S(=O)(=O)N(C)CCN4CCCC4)cc3)sc2n1. The third-order valence-corrected chi connectivity index (χ3v) is 10.7. The van der Waals surface area contributed by atoms with E-state index in [9.17, 15) is 13.2 Å². The van der Waals surface area contributed by atoms with Crippen molar-refractivity contribution in [1.82, 2.24) is 19.2 Å². The predicted molar refractivity (Wildman–Crippen MR) is 154 cm³/mol. The fourth-order valence-corrected chi connectivity index (χ4v) is 7.59. The Balaban J connectivity index is 1.32. The number of pyridine rings is 1. The molecule has 3 aromatic rings. The second kappa shape index (κ2) is 12.3. The summed E-state index contributed by atoms with van der Waals surface area (Å²) in [6.45, 7) is 3.27. The molecule has 1 aliphatic carbocycles. The lowest BCUT2D eigenvalue weighted by atomic mass is 9.87. The number of likely N-dealkylation sites (tertiary alicyclic amines) is 1. The molecule has 3 heterocycles. The van der Waals surface area contributed by atoms with Gasteiger partial charge in [-0.1, -0.05) is 49.2 Å². The number of hydrogen-bond donors (Lipinski definition) is 1. The largest absolute Gasteiger partial charge is 0.481 e. The summed E-state index contributed by atoms with van der Waals surface area (Å²) in [5.41, 5.74) is 1.52. The first-order valence-corrected chi connectivity index (χ1v) is 16.0. The average Bonchev–Trinajstić information content (AvgIpc) is 3.72. The van der Waals surface area contributed by atoms with Gasteiger partial charge in [-0.25, -0.2) is 18.4 Å². The Labute approximate surface area is 234 Å². The zero-order chi connectivity index (χ0) is 27.4. The van der Waals surface area contributed by atoms with E-state index < -0.39 is 15.9 Å². The van der Waals surface area contributed by atoms with Crippen molar-refractivity contribution >= 4 is 42.7 Å². The van der Waals surface area contributed by atoms with E-state index >= 15 is 0 Å². The summed E-state index contributed by atoms with van der Waals surface area (Å²) in [4.78, 5) is 25.8. The van der Waals surface area contributed by atoms with Gasteiger partial charge < -0.3 is 15.0 Å². The molecule has 1 saturated carbocycles. The fraction of sp³-hybridized carbons (Fsp3) is 0.536. The number of ether oxygens (including phenoxy) is 1. The summed E-state index contributed by atoms with van der Waals surface area (Å²) in [5.74, 6) is 0.445. The third kappa shape index (κ3) is 6.59. The number of fused-ring (bicyclic) bond motifs is 1. The molecular weight excluding hydrogens is 534 g/mol. The van der Waals surface area contributed by atoms with Crippen LogP contribution in [0.3, 0.4) is 0 Å². The van der Waals surface area contributed by atoms with Gasteiger partial charge in [-0.2, -0.15) is 4.31 Å². The van der Waals surface area contributed by atoms with Crippen molar-refractivity contribution in [1.29, 1.82) is 0 Å². The molecule has 11 heteroatoms. The van der Waals surface area contributed by atoms with Crippen LogP contribution in [0.15, 0.2) is 41.3 Å². The van der Waals surface area contributed by atoms with Gasteiger partial charge in [0.25, 0.3) is 0 Å². The first-order chi connectivity index (χ1) is 18.8. The monoisotopic (exact) mass is 571 g/mol. The number of hydrogen-bond acceptors (Lipinski definition) is 8. The van der Waals surface area contributed by atoms with Gasteiger partial charge in [0.15, 0.2) is 5.13 Å². The number of amides is 1. The molecule has 2 fully saturated rings. The minimum atomic E-state index is -3.60. The number of aromatic nitrogens is 2. The highest BCUT2D eigenvalue weighted by Gasteiger charge is 2.29. The molecule has 210 valence electrons. The second-order valence-corrected chi connectivity index (χ2v) is 13.6. The molecule has 1 N–H and O–H groups in total. The molecule has 1 amide bonds. The van der Waals surface area contributed by atoms with Crippen LogP contribution in [0.25, 0.3) is 10.3 Å². The zero-order valence-electron chi connectivity index (χ0n) is 22.6. The summed E-state index contributed by atoms with van der Waals surface area (Å²) < 4.78 is 33.0. The Hall–Kier alpha value is -2.60. The van der Waals surface area contributed by atoms with Crippen molar-refractivity contribution in [2.45, 2.75) is 55.8 Å². The third-order valence-electron chi connectivity index (χ3n) is 7.95. The summed E-state index contributed by atoms with van der Waals surface area (Å²) in [6, 6.07) is 10.4. The van der Waals surface area contributed by atoms with E-state index in [4.69, 9.17) is 4.74 Å². The van der Waals surface area contributed by atoms with Crippen LogP contribution < -0.4 is 10.1 Å². The van der Waals surface area contributed by atoms with E-state index in [1.54, 1.807) is 44.5 Å². The Morgan fingerprint density at radius 3 is 2.51 bits per heavy atom. The summed E-state index contributed by atoms with van der Waals surface area (Å²) in [6.07, 6.45) is 7.68. The molecule has 2 aromatic heterocycles. The Kier molecular flexibility index (Phi) is 8.80. The highest BCUT2D eigenvalue weighted by molar-refractivity contribution is 7.89. The number of carbonyl (C=O) groups is 1. The van der Waals surface area contributed by atoms with E-state index in [1.807, 2.05) is 6.07 Å². The van der Waals surface area contributed by atoms with Gasteiger partial charge >= 0.3 is 0 Å². The minimum Gasteiger partial charge on any atom is -0.481 e. The number of likely N-dealkylation sites (N-methyl/N-ethyl adjacent to an activating group) is 1. The van der Waals surface area contributed by atoms with Crippen LogP contribution in [-0.4, -0.2) is 73.8 Å². The van der Waals surface area contributed by atoms with Gasteiger partial charge in [0, 0.05) is 26.2 Å². The van der Waals surface area contributed by atoms with Crippen LogP contribution in [0, 0.1) is 5.92 Å². The molecule has 0 bridgehead atoms. The number of nitrogens with zero attached hydrogens (tertiary/aromatic N) is 4. The van der Waals surface area contributed by atoms with Crippen molar-refractivity contribution in [3.63, 3.8) is 0 Å². The molecule has 0 spiro atoms. The van der Waals surface area contributed by atoms with Crippen LogP contribution in [0.2, 0.25) is 0 Å². The molecule has 39 heavy (non-hydrogen) atoms. The molecule has 5 rings (SSSR count). The number of carbonyl (C=O) groups excluding carboxylic acids is 1. The van der Waals surface area contributed by atoms with Gasteiger partial charge in [0.1, 0.15) is 10.3 Å². The van der Waals surface area contributed by atoms with Crippen molar-refractivity contribution in [2.75, 3.05) is 45.7 Å². The number of thiazole rings is 1. The number of sulfonamides is 1. The Morgan fingerprint density at radius 1 is 1.10 bits per heavy atom. The number of rotatable bonds is 11. The van der Waals surface area contributed by atoms with E-state index in [0.717, 1.165) is 44.5 Å². The number of benzene rings is 1. The van der Waals surface area contributed by atoms with Gasteiger partial charge in [0.2, 0.25) is 21.8 Å². The van der Waals surface area contributed by atoms with Crippen LogP contribution in [0.1, 0.15) is 56.4 Å². The highest BCUT2D eigenvalue weighted by Crippen LogP contribution is 2.36. The normalized spacial score (nSPS) is 17.7. The number of anilines is 1. The maximum absolute atomic E-state index is 13.6. The van der Waals surface area contributed by atoms with Crippen molar-refractivity contribution in [3.05, 3.63) is 42.0 Å². The van der Waals surface area contributed by atoms with E-state index in [0.29, 0.717) is 33.8 Å². The lowest BCUT2D eigenvalue weighted by molar-refractivity contribution is -0.118. The maximum Gasteiger partial charge on any atom is 0.242 e. The zero-order valence-corrected chi connectivity index (χ0v) is 24.3. The first-order valence-electron chi connectivity index (χ1n) is 13.7. The van der Waals surface area contributed by atoms with Crippen molar-refractivity contribution in [2.24, 2.45) is 5.92 Å². The van der Waals surface area contributed by atoms with Gasteiger partial charge in [0.05, 0.1) is 17.9 Å². The molecule has 1 aromatic carbocycles. The summed E-state index contributed by atoms with van der Waals surface area (Å²) in [5, 5.41) is 3.50. The molecule has 1 aliphatic heterocycles. The molecular formula is C28H37N5O4S2. The molecule has 9 nitrogen and oxygen atoms in total. The average molecular weight is 572 g/mol. The number of methoxy groups -OCH3 is 1. The van der Waals surface area contributed by atoms with Gasteiger partial charge in [-0.15, -0.1) is 0 Å². The van der Waals surface area contributed by atoms with Gasteiger partial charge in [-0.05, 0) is 62.0 Å². The van der Waals surface area contributed by atoms with Gasteiger partial charge in [-0.3, -0.25) is 4.79 Å². The van der Waals surface area contributed by atoms with Crippen molar-refractivity contribution < 1.29 is 17.9 Å². The highest BCUT2D eigenvalue weighted by atomic mass is 32.2. The van der Waals surface area contributed by atoms with Crippen molar-refractivity contribution in [3.8, 4) is 5.88 Å². The standard InChI is InChI=1S/C28H37N5O4S2/c1-32(17-18-33-15-5-6-16-33)39(35,36)22-11-9-21(10-12-22)23(19-20-7-3-4-8-20)26(34)31-28-29-24-13-14-25(37-2)30-27(24)38-28/h9-14,20,23H,3-8,15-19H2,1-2H3,(H,29,31,34). The molecule has 1 unspecified atom stereocenters. The second-order valence-electron chi connectivity index (χ2n) is 10.6. The van der Waals surface area contributed by atoms with Crippen LogP contribution in [0.4, 0.5) is 5.13 Å². The smallest absolute Gasteiger partial charge is 0.242 e. The van der Waals surface area contributed by atoms with Crippen LogP contribution in [0.5, 0.6) is 5.88 Å².